The number of methoxy groups -OCH3 is 2. The monoisotopic (exact) mass is 387 g/mol. The third-order valence-electron chi connectivity index (χ3n) is 4.75. The lowest BCUT2D eigenvalue weighted by Gasteiger charge is -2.27. The van der Waals surface area contributed by atoms with Crippen LogP contribution in [-0.4, -0.2) is 33.5 Å². The normalized spacial score (nSPS) is 14.9. The van der Waals surface area contributed by atoms with Gasteiger partial charge in [0, 0.05) is 18.5 Å². The van der Waals surface area contributed by atoms with Gasteiger partial charge in [0.15, 0.2) is 11.5 Å². The van der Waals surface area contributed by atoms with Crippen LogP contribution in [0.5, 0.6) is 11.5 Å². The Morgan fingerprint density at radius 2 is 1.70 bits per heavy atom. The molecule has 0 saturated carbocycles. The summed E-state index contributed by atoms with van der Waals surface area (Å²) in [5, 5.41) is 1.34. The minimum Gasteiger partial charge on any atom is -0.493 e. The molecule has 27 heavy (non-hydrogen) atoms. The summed E-state index contributed by atoms with van der Waals surface area (Å²) in [6.07, 6.45) is 3.92. The molecule has 0 amide bonds. The van der Waals surface area contributed by atoms with Gasteiger partial charge in [0.2, 0.25) is 10.0 Å². The fourth-order valence-corrected chi connectivity index (χ4v) is 4.46. The average molecular weight is 388 g/mol. The van der Waals surface area contributed by atoms with Crippen LogP contribution in [0.4, 0.5) is 0 Å². The average Bonchev–Trinajstić information content (AvgIpc) is 2.70. The molecule has 0 fully saturated rings. The number of rotatable bonds is 7. The van der Waals surface area contributed by atoms with E-state index in [1.807, 2.05) is 42.5 Å². The molecule has 0 unspecified atom stereocenters. The first-order chi connectivity index (χ1) is 13.0. The van der Waals surface area contributed by atoms with Crippen LogP contribution in [0.25, 0.3) is 0 Å². The van der Waals surface area contributed by atoms with Gasteiger partial charge < -0.3 is 9.47 Å². The van der Waals surface area contributed by atoms with Crippen LogP contribution in [-0.2, 0) is 29.4 Å². The largest absolute Gasteiger partial charge is 0.493 e. The van der Waals surface area contributed by atoms with E-state index >= 15 is 0 Å². The number of hydrogen-bond donors (Lipinski definition) is 0. The molecule has 0 radical (unpaired) electrons. The third kappa shape index (κ3) is 4.70. The van der Waals surface area contributed by atoms with E-state index in [0.717, 1.165) is 17.5 Å². The molecule has 0 bridgehead atoms. The molecule has 3 rings (SSSR count). The molecule has 0 N–H and O–H groups in total. The van der Waals surface area contributed by atoms with Crippen molar-refractivity contribution in [1.82, 2.24) is 4.31 Å². The second kappa shape index (κ2) is 8.59. The fourth-order valence-electron chi connectivity index (χ4n) is 3.24. The smallest absolute Gasteiger partial charge is 0.236 e. The molecule has 0 aromatic heterocycles. The highest BCUT2D eigenvalue weighted by molar-refractivity contribution is 7.92. The molecule has 1 heterocycles. The lowest BCUT2D eigenvalue weighted by Crippen LogP contribution is -2.34. The van der Waals surface area contributed by atoms with Crippen molar-refractivity contribution >= 4 is 10.0 Å². The van der Waals surface area contributed by atoms with E-state index in [-0.39, 0.29) is 0 Å². The number of allylic oxidation sites excluding steroid dienone is 1. The molecule has 0 atom stereocenters. The Morgan fingerprint density at radius 1 is 1.04 bits per heavy atom. The zero-order valence-electron chi connectivity index (χ0n) is 15.7. The lowest BCUT2D eigenvalue weighted by atomic mass is 10.0. The summed E-state index contributed by atoms with van der Waals surface area (Å²) >= 11 is 0. The minimum atomic E-state index is -3.44. The summed E-state index contributed by atoms with van der Waals surface area (Å²) in [7, 11) is -0.253. The van der Waals surface area contributed by atoms with Gasteiger partial charge in [0.05, 0.1) is 14.2 Å². The third-order valence-corrected chi connectivity index (χ3v) is 6.32. The molecule has 2 aromatic carbocycles. The van der Waals surface area contributed by atoms with E-state index in [2.05, 4.69) is 0 Å². The van der Waals surface area contributed by atoms with Crippen LogP contribution < -0.4 is 9.47 Å². The molecule has 1 aliphatic rings. The van der Waals surface area contributed by atoms with Crippen LogP contribution in [0.15, 0.2) is 53.9 Å². The second-order valence-electron chi connectivity index (χ2n) is 6.50. The van der Waals surface area contributed by atoms with E-state index < -0.39 is 10.0 Å². The molecular formula is C21H25NO4S. The van der Waals surface area contributed by atoms with Crippen molar-refractivity contribution in [2.24, 2.45) is 0 Å². The van der Waals surface area contributed by atoms with E-state index in [1.165, 1.54) is 15.3 Å². The number of hydrogen-bond acceptors (Lipinski definition) is 4. The molecule has 5 nitrogen and oxygen atoms in total. The number of fused-ring (bicyclic) bond motifs is 1. The highest BCUT2D eigenvalue weighted by Gasteiger charge is 2.26. The fraction of sp³-hybridized carbons (Fsp3) is 0.333. The van der Waals surface area contributed by atoms with Crippen molar-refractivity contribution in [1.29, 1.82) is 0 Å². The van der Waals surface area contributed by atoms with Gasteiger partial charge in [0.25, 0.3) is 0 Å². The summed E-state index contributed by atoms with van der Waals surface area (Å²) in [5.74, 6) is 1.29. The summed E-state index contributed by atoms with van der Waals surface area (Å²) < 4.78 is 37.5. The van der Waals surface area contributed by atoms with E-state index in [0.29, 0.717) is 37.4 Å². The van der Waals surface area contributed by atoms with Gasteiger partial charge in [-0.2, -0.15) is 4.31 Å². The molecule has 0 aliphatic carbocycles. The maximum absolute atomic E-state index is 12.7. The van der Waals surface area contributed by atoms with Crippen LogP contribution in [0, 0.1) is 0 Å². The first kappa shape index (κ1) is 19.5. The summed E-state index contributed by atoms with van der Waals surface area (Å²) in [6, 6.07) is 13.9. The molecule has 144 valence electrons. The lowest BCUT2D eigenvalue weighted by molar-refractivity contribution is 0.349. The van der Waals surface area contributed by atoms with Crippen molar-refractivity contribution in [2.45, 2.75) is 25.8 Å². The number of nitrogens with zero attached hydrogens (tertiary/aromatic N) is 1. The molecule has 1 aliphatic heterocycles. The van der Waals surface area contributed by atoms with Gasteiger partial charge in [-0.25, -0.2) is 8.42 Å². The molecule has 0 saturated heterocycles. The van der Waals surface area contributed by atoms with Crippen LogP contribution in [0.2, 0.25) is 0 Å². The van der Waals surface area contributed by atoms with Crippen molar-refractivity contribution in [3.63, 3.8) is 0 Å². The van der Waals surface area contributed by atoms with Crippen LogP contribution >= 0.6 is 0 Å². The first-order valence-corrected chi connectivity index (χ1v) is 10.5. The standard InChI is InChI=1S/C21H25NO4S/c1-25-20-14-18-11-12-22(16-19(18)15-21(20)26-2)27(23,24)13-7-6-10-17-8-4-3-5-9-17/h3-5,7-9,13-15H,6,10-12,16H2,1-2H3. The van der Waals surface area contributed by atoms with Gasteiger partial charge in [-0.15, -0.1) is 0 Å². The summed E-state index contributed by atoms with van der Waals surface area (Å²) in [4.78, 5) is 0. The Balaban J connectivity index is 1.67. The predicted octanol–water partition coefficient (Wildman–Crippen LogP) is 3.54. The van der Waals surface area contributed by atoms with Crippen LogP contribution in [0.3, 0.4) is 0 Å². The predicted molar refractivity (Wildman–Crippen MR) is 106 cm³/mol. The highest BCUT2D eigenvalue weighted by atomic mass is 32.2. The maximum Gasteiger partial charge on any atom is 0.236 e. The maximum atomic E-state index is 12.7. The highest BCUT2D eigenvalue weighted by Crippen LogP contribution is 2.33. The first-order valence-electron chi connectivity index (χ1n) is 8.98. The van der Waals surface area contributed by atoms with Crippen LogP contribution in [0.1, 0.15) is 23.1 Å². The topological polar surface area (TPSA) is 55.8 Å². The summed E-state index contributed by atoms with van der Waals surface area (Å²) in [5.41, 5.74) is 3.26. The Bertz CT molecular complexity index is 907. The Hall–Kier alpha value is -2.31. The van der Waals surface area contributed by atoms with Gasteiger partial charge in [0.1, 0.15) is 0 Å². The Labute approximate surface area is 161 Å². The van der Waals surface area contributed by atoms with E-state index in [4.69, 9.17) is 9.47 Å². The van der Waals surface area contributed by atoms with Crippen molar-refractivity contribution in [3.05, 3.63) is 70.6 Å². The second-order valence-corrected chi connectivity index (χ2v) is 8.32. The Morgan fingerprint density at radius 3 is 2.37 bits per heavy atom. The van der Waals surface area contributed by atoms with Gasteiger partial charge in [-0.05, 0) is 48.1 Å². The minimum absolute atomic E-state index is 0.348. The summed E-state index contributed by atoms with van der Waals surface area (Å²) in [6.45, 7) is 0.814. The van der Waals surface area contributed by atoms with E-state index in [9.17, 15) is 8.42 Å². The van der Waals surface area contributed by atoms with Crippen molar-refractivity contribution in [2.75, 3.05) is 20.8 Å². The van der Waals surface area contributed by atoms with Gasteiger partial charge >= 0.3 is 0 Å². The number of ether oxygens (including phenoxy) is 2. The quantitative estimate of drug-likeness (QED) is 0.729. The van der Waals surface area contributed by atoms with E-state index in [1.54, 1.807) is 20.3 Å². The molecule has 2 aromatic rings. The van der Waals surface area contributed by atoms with Gasteiger partial charge in [-0.1, -0.05) is 36.4 Å². The Kier molecular flexibility index (Phi) is 6.19. The molecule has 0 spiro atoms. The zero-order valence-corrected chi connectivity index (χ0v) is 16.5. The number of aryl methyl sites for hydroxylation is 1. The van der Waals surface area contributed by atoms with Crippen molar-refractivity contribution in [3.8, 4) is 11.5 Å². The molecule has 6 heteroatoms. The zero-order chi connectivity index (χ0) is 19.3. The van der Waals surface area contributed by atoms with Crippen molar-refractivity contribution < 1.29 is 17.9 Å². The SMILES string of the molecule is COc1cc2c(cc1OC)CN(S(=O)(=O)C=CCCc1ccccc1)CC2. The van der Waals surface area contributed by atoms with Gasteiger partial charge in [-0.3, -0.25) is 0 Å². The molecular weight excluding hydrogens is 362 g/mol. The number of benzene rings is 2. The number of sulfonamides is 1.